The van der Waals surface area contributed by atoms with Gasteiger partial charge in [0.25, 0.3) is 5.56 Å². The van der Waals surface area contributed by atoms with E-state index in [2.05, 4.69) is 9.88 Å². The molecule has 0 atom stereocenters. The summed E-state index contributed by atoms with van der Waals surface area (Å²) in [5, 5.41) is 0. The lowest BCUT2D eigenvalue weighted by atomic mass is 9.88. The first kappa shape index (κ1) is 14.7. The van der Waals surface area contributed by atoms with E-state index in [4.69, 9.17) is 9.40 Å². The van der Waals surface area contributed by atoms with E-state index in [0.717, 1.165) is 61.7 Å². The lowest BCUT2D eigenvalue weighted by Crippen LogP contribution is -2.35. The van der Waals surface area contributed by atoms with Gasteiger partial charge in [-0.15, -0.1) is 0 Å². The molecule has 1 aliphatic heterocycles. The number of aromatic amines is 1. The second kappa shape index (κ2) is 6.32. The average molecular weight is 313 g/mol. The molecule has 0 bridgehead atoms. The maximum absolute atomic E-state index is 12.4. The molecule has 1 aliphatic carbocycles. The molecule has 4 rings (SSSR count). The van der Waals surface area contributed by atoms with Crippen LogP contribution in [0.15, 0.2) is 27.6 Å². The number of furan rings is 1. The summed E-state index contributed by atoms with van der Waals surface area (Å²) in [6, 6.07) is 3.91. The molecule has 0 aromatic carbocycles. The topological polar surface area (TPSA) is 62.1 Å². The lowest BCUT2D eigenvalue weighted by Gasteiger charge is -2.28. The van der Waals surface area contributed by atoms with Gasteiger partial charge in [0, 0.05) is 24.6 Å². The van der Waals surface area contributed by atoms with E-state index in [0.29, 0.717) is 5.92 Å². The molecule has 23 heavy (non-hydrogen) atoms. The second-order valence-corrected chi connectivity index (χ2v) is 6.75. The summed E-state index contributed by atoms with van der Waals surface area (Å²) in [5.41, 5.74) is 1.92. The number of hydrogen-bond acceptors (Lipinski definition) is 4. The minimum absolute atomic E-state index is 0.0771. The van der Waals surface area contributed by atoms with Crippen LogP contribution in [-0.4, -0.2) is 21.4 Å². The predicted octanol–water partition coefficient (Wildman–Crippen LogP) is 2.97. The Hall–Kier alpha value is -1.88. The maximum Gasteiger partial charge on any atom is 0.254 e. The van der Waals surface area contributed by atoms with Gasteiger partial charge in [-0.2, -0.15) is 0 Å². The van der Waals surface area contributed by atoms with Gasteiger partial charge in [0.2, 0.25) is 0 Å². The van der Waals surface area contributed by atoms with Crippen LogP contribution < -0.4 is 5.56 Å². The average Bonchev–Trinajstić information content (AvgIpc) is 3.08. The van der Waals surface area contributed by atoms with Crippen LogP contribution in [0, 0.1) is 0 Å². The summed E-state index contributed by atoms with van der Waals surface area (Å²) in [4.78, 5) is 22.6. The molecule has 5 nitrogen and oxygen atoms in total. The predicted molar refractivity (Wildman–Crippen MR) is 87.2 cm³/mol. The number of rotatable bonds is 3. The Morgan fingerprint density at radius 1 is 1.30 bits per heavy atom. The third-order valence-electron chi connectivity index (χ3n) is 5.12. The van der Waals surface area contributed by atoms with Gasteiger partial charge >= 0.3 is 0 Å². The first-order valence-corrected chi connectivity index (χ1v) is 8.66. The highest BCUT2D eigenvalue weighted by Crippen LogP contribution is 2.30. The fourth-order valence-corrected chi connectivity index (χ4v) is 3.84. The highest BCUT2D eigenvalue weighted by molar-refractivity contribution is 5.22. The van der Waals surface area contributed by atoms with Gasteiger partial charge in [-0.1, -0.05) is 19.3 Å². The molecular formula is C18H23N3O2. The van der Waals surface area contributed by atoms with Gasteiger partial charge in [0.15, 0.2) is 0 Å². The van der Waals surface area contributed by atoms with Crippen LogP contribution in [0.2, 0.25) is 0 Å². The summed E-state index contributed by atoms with van der Waals surface area (Å²) in [6.07, 6.45) is 8.57. The Bertz CT molecular complexity index is 714. The third-order valence-corrected chi connectivity index (χ3v) is 5.12. The molecular weight excluding hydrogens is 290 g/mol. The SMILES string of the molecule is O=c1[nH]c(C2CCCCC2)nc2c1CCN(Cc1ccco1)C2. The minimum Gasteiger partial charge on any atom is -0.468 e. The number of nitrogens with zero attached hydrogens (tertiary/aromatic N) is 2. The first-order valence-electron chi connectivity index (χ1n) is 8.66. The number of aromatic nitrogens is 2. The summed E-state index contributed by atoms with van der Waals surface area (Å²) in [7, 11) is 0. The van der Waals surface area contributed by atoms with Gasteiger partial charge in [0.1, 0.15) is 11.6 Å². The number of nitrogens with one attached hydrogen (secondary N) is 1. The number of hydrogen-bond donors (Lipinski definition) is 1. The zero-order chi connectivity index (χ0) is 15.6. The fraction of sp³-hybridized carbons (Fsp3) is 0.556. The molecule has 0 spiro atoms. The molecule has 0 unspecified atom stereocenters. The van der Waals surface area contributed by atoms with Gasteiger partial charge in [-0.3, -0.25) is 9.69 Å². The van der Waals surface area contributed by atoms with E-state index in [1.807, 2.05) is 12.1 Å². The molecule has 0 amide bonds. The van der Waals surface area contributed by atoms with Crippen LogP contribution >= 0.6 is 0 Å². The smallest absolute Gasteiger partial charge is 0.254 e. The van der Waals surface area contributed by atoms with Crippen LogP contribution in [0.5, 0.6) is 0 Å². The summed E-state index contributed by atoms with van der Waals surface area (Å²) >= 11 is 0. The summed E-state index contributed by atoms with van der Waals surface area (Å²) in [5.74, 6) is 2.31. The molecule has 0 saturated heterocycles. The van der Waals surface area contributed by atoms with Crippen LogP contribution in [0.3, 0.4) is 0 Å². The van der Waals surface area contributed by atoms with Crippen molar-refractivity contribution in [3.63, 3.8) is 0 Å². The van der Waals surface area contributed by atoms with Gasteiger partial charge in [-0.25, -0.2) is 4.98 Å². The van der Waals surface area contributed by atoms with Crippen LogP contribution in [0.25, 0.3) is 0 Å². The normalized spacial score (nSPS) is 19.7. The van der Waals surface area contributed by atoms with E-state index in [1.54, 1.807) is 6.26 Å². The minimum atomic E-state index is 0.0771. The van der Waals surface area contributed by atoms with Gasteiger partial charge < -0.3 is 9.40 Å². The van der Waals surface area contributed by atoms with Crippen molar-refractivity contribution in [2.24, 2.45) is 0 Å². The highest BCUT2D eigenvalue weighted by atomic mass is 16.3. The maximum atomic E-state index is 12.4. The molecule has 1 N–H and O–H groups in total. The van der Waals surface area contributed by atoms with Gasteiger partial charge in [0.05, 0.1) is 18.5 Å². The van der Waals surface area contributed by atoms with Crippen molar-refractivity contribution in [2.75, 3.05) is 6.54 Å². The van der Waals surface area contributed by atoms with E-state index in [-0.39, 0.29) is 5.56 Å². The van der Waals surface area contributed by atoms with Crippen LogP contribution in [0.1, 0.15) is 60.9 Å². The monoisotopic (exact) mass is 313 g/mol. The zero-order valence-corrected chi connectivity index (χ0v) is 13.4. The Morgan fingerprint density at radius 3 is 2.96 bits per heavy atom. The number of fused-ring (bicyclic) bond motifs is 1. The summed E-state index contributed by atoms with van der Waals surface area (Å²) in [6.45, 7) is 2.39. The van der Waals surface area contributed by atoms with Crippen molar-refractivity contribution < 1.29 is 4.42 Å². The van der Waals surface area contributed by atoms with E-state index < -0.39 is 0 Å². The van der Waals surface area contributed by atoms with Crippen molar-refractivity contribution in [3.05, 3.63) is 51.6 Å². The Morgan fingerprint density at radius 2 is 2.17 bits per heavy atom. The van der Waals surface area contributed by atoms with Crippen LogP contribution in [-0.2, 0) is 19.5 Å². The molecule has 1 fully saturated rings. The molecule has 1 saturated carbocycles. The van der Waals surface area contributed by atoms with Crippen molar-refractivity contribution in [1.29, 1.82) is 0 Å². The molecule has 2 aromatic heterocycles. The lowest BCUT2D eigenvalue weighted by molar-refractivity contribution is 0.220. The number of H-pyrrole nitrogens is 1. The first-order chi connectivity index (χ1) is 11.3. The molecule has 2 aromatic rings. The van der Waals surface area contributed by atoms with Crippen molar-refractivity contribution in [3.8, 4) is 0 Å². The third kappa shape index (κ3) is 3.11. The Labute approximate surface area is 135 Å². The molecule has 0 radical (unpaired) electrons. The zero-order valence-electron chi connectivity index (χ0n) is 13.4. The fourth-order valence-electron chi connectivity index (χ4n) is 3.84. The van der Waals surface area contributed by atoms with Gasteiger partial charge in [-0.05, 0) is 31.4 Å². The Balaban J connectivity index is 1.56. The van der Waals surface area contributed by atoms with Crippen molar-refractivity contribution in [1.82, 2.24) is 14.9 Å². The van der Waals surface area contributed by atoms with Crippen molar-refractivity contribution in [2.45, 2.75) is 57.5 Å². The molecule has 122 valence electrons. The quantitative estimate of drug-likeness (QED) is 0.946. The highest BCUT2D eigenvalue weighted by Gasteiger charge is 2.24. The van der Waals surface area contributed by atoms with E-state index in [9.17, 15) is 4.79 Å². The summed E-state index contributed by atoms with van der Waals surface area (Å²) < 4.78 is 5.44. The molecule has 2 aliphatic rings. The Kier molecular flexibility index (Phi) is 4.04. The van der Waals surface area contributed by atoms with E-state index >= 15 is 0 Å². The van der Waals surface area contributed by atoms with Crippen molar-refractivity contribution >= 4 is 0 Å². The van der Waals surface area contributed by atoms with Crippen LogP contribution in [0.4, 0.5) is 0 Å². The molecule has 5 heteroatoms. The van der Waals surface area contributed by atoms with E-state index in [1.165, 1.54) is 19.3 Å². The molecule has 3 heterocycles. The standard InChI is InChI=1S/C18H23N3O2/c22-18-15-8-9-21(11-14-7-4-10-23-14)12-16(15)19-17(20-18)13-5-2-1-3-6-13/h4,7,10,13H,1-3,5-6,8-9,11-12H2,(H,19,20,22). The second-order valence-electron chi connectivity index (χ2n) is 6.75. The largest absolute Gasteiger partial charge is 0.468 e.